The van der Waals surface area contributed by atoms with E-state index in [1.165, 1.54) is 0 Å². The van der Waals surface area contributed by atoms with Gasteiger partial charge >= 0.3 is 0 Å². The van der Waals surface area contributed by atoms with Crippen molar-refractivity contribution < 1.29 is 17.9 Å². The Morgan fingerprint density at radius 3 is 2.42 bits per heavy atom. The molecule has 3 atom stereocenters. The highest BCUT2D eigenvalue weighted by Crippen LogP contribution is 2.47. The molecule has 6 nitrogen and oxygen atoms in total. The van der Waals surface area contributed by atoms with Gasteiger partial charge in [-0.25, -0.2) is 8.42 Å². The van der Waals surface area contributed by atoms with E-state index >= 15 is 0 Å². The minimum Gasteiger partial charge on any atom is -0.497 e. The van der Waals surface area contributed by atoms with E-state index in [1.54, 1.807) is 23.5 Å². The predicted octanol–water partition coefficient (Wildman–Crippen LogP) is 4.04. The number of carbonyl (C=O) groups is 1. The van der Waals surface area contributed by atoms with Gasteiger partial charge < -0.3 is 9.64 Å². The molecule has 0 spiro atoms. The third kappa shape index (κ3) is 3.56. The van der Waals surface area contributed by atoms with Gasteiger partial charge in [-0.2, -0.15) is 4.31 Å². The van der Waals surface area contributed by atoms with Crippen LogP contribution in [0.5, 0.6) is 5.75 Å². The van der Waals surface area contributed by atoms with Crippen molar-refractivity contribution in [3.8, 4) is 5.75 Å². The average molecular weight is 469 g/mol. The molecule has 0 aliphatic carbocycles. The first-order chi connectivity index (χ1) is 15.6. The van der Waals surface area contributed by atoms with Crippen LogP contribution in [-0.2, 0) is 26.7 Å². The second kappa shape index (κ2) is 7.84. The molecule has 176 valence electrons. The summed E-state index contributed by atoms with van der Waals surface area (Å²) in [5, 5.41) is 0. The van der Waals surface area contributed by atoms with Gasteiger partial charge in [0.05, 0.1) is 24.1 Å². The van der Waals surface area contributed by atoms with E-state index < -0.39 is 16.1 Å². The van der Waals surface area contributed by atoms with Crippen LogP contribution in [0.3, 0.4) is 0 Å². The number of rotatable bonds is 3. The zero-order valence-corrected chi connectivity index (χ0v) is 20.6. The van der Waals surface area contributed by atoms with E-state index in [-0.39, 0.29) is 28.3 Å². The average Bonchev–Trinajstić information content (AvgIpc) is 2.80. The maximum Gasteiger partial charge on any atom is 0.244 e. The van der Waals surface area contributed by atoms with Gasteiger partial charge in [-0.1, -0.05) is 39.0 Å². The lowest BCUT2D eigenvalue weighted by Gasteiger charge is -2.54. The summed E-state index contributed by atoms with van der Waals surface area (Å²) < 4.78 is 34.8. The Labute approximate surface area is 196 Å². The van der Waals surface area contributed by atoms with Crippen LogP contribution in [0.15, 0.2) is 47.4 Å². The van der Waals surface area contributed by atoms with Gasteiger partial charge in [0.15, 0.2) is 0 Å². The summed E-state index contributed by atoms with van der Waals surface area (Å²) >= 11 is 0. The van der Waals surface area contributed by atoms with Crippen molar-refractivity contribution in [2.24, 2.45) is 0 Å². The zero-order valence-electron chi connectivity index (χ0n) is 19.7. The SMILES string of the molecule is COc1ccc2c(c1)CCN1C(=O)C3CCCC(C21)N3S(=O)(=O)c1ccc(C(C)(C)C)cc1. The molecule has 0 radical (unpaired) electrons. The van der Waals surface area contributed by atoms with E-state index in [2.05, 4.69) is 20.8 Å². The topological polar surface area (TPSA) is 66.9 Å². The zero-order chi connectivity index (χ0) is 23.5. The summed E-state index contributed by atoms with van der Waals surface area (Å²) in [7, 11) is -2.18. The van der Waals surface area contributed by atoms with Crippen molar-refractivity contribution in [3.63, 3.8) is 0 Å². The number of amides is 1. The first-order valence-corrected chi connectivity index (χ1v) is 13.2. The minimum absolute atomic E-state index is 0.0622. The van der Waals surface area contributed by atoms with Gasteiger partial charge in [0.1, 0.15) is 11.8 Å². The van der Waals surface area contributed by atoms with Gasteiger partial charge in [0.2, 0.25) is 15.9 Å². The van der Waals surface area contributed by atoms with E-state index in [1.807, 2.05) is 35.2 Å². The highest BCUT2D eigenvalue weighted by atomic mass is 32.2. The van der Waals surface area contributed by atoms with Gasteiger partial charge in [-0.3, -0.25) is 4.79 Å². The summed E-state index contributed by atoms with van der Waals surface area (Å²) in [6, 6.07) is 12.0. The second-order valence-electron chi connectivity index (χ2n) is 10.4. The van der Waals surface area contributed by atoms with Crippen LogP contribution in [0, 0.1) is 0 Å². The Balaban J connectivity index is 1.58. The molecular formula is C26H32N2O4S. The van der Waals surface area contributed by atoms with Gasteiger partial charge in [-0.05, 0) is 72.1 Å². The molecule has 2 fully saturated rings. The lowest BCUT2D eigenvalue weighted by Crippen LogP contribution is -2.67. The number of nitrogens with zero attached hydrogens (tertiary/aromatic N) is 2. The summed E-state index contributed by atoms with van der Waals surface area (Å²) in [5.41, 5.74) is 3.20. The number of fused-ring (bicyclic) bond motifs is 6. The van der Waals surface area contributed by atoms with E-state index in [0.29, 0.717) is 13.0 Å². The maximum absolute atomic E-state index is 13.9. The molecule has 3 aliphatic rings. The number of hydrogen-bond donors (Lipinski definition) is 0. The van der Waals surface area contributed by atoms with E-state index in [0.717, 1.165) is 41.7 Å². The number of piperazine rings is 1. The van der Waals surface area contributed by atoms with Crippen molar-refractivity contribution in [2.75, 3.05) is 13.7 Å². The largest absolute Gasteiger partial charge is 0.497 e. The molecule has 0 N–H and O–H groups in total. The summed E-state index contributed by atoms with van der Waals surface area (Å²) in [6.45, 7) is 6.93. The predicted molar refractivity (Wildman–Crippen MR) is 127 cm³/mol. The molecule has 2 bridgehead atoms. The van der Waals surface area contributed by atoms with Crippen LogP contribution < -0.4 is 4.74 Å². The Kier molecular flexibility index (Phi) is 5.33. The third-order valence-corrected chi connectivity index (χ3v) is 9.41. The van der Waals surface area contributed by atoms with Gasteiger partial charge in [-0.15, -0.1) is 0 Å². The van der Waals surface area contributed by atoms with Crippen molar-refractivity contribution in [2.45, 2.75) is 74.9 Å². The van der Waals surface area contributed by atoms with Crippen molar-refractivity contribution in [1.82, 2.24) is 9.21 Å². The van der Waals surface area contributed by atoms with Crippen molar-refractivity contribution in [3.05, 3.63) is 59.2 Å². The minimum atomic E-state index is -3.82. The highest BCUT2D eigenvalue weighted by molar-refractivity contribution is 7.89. The molecule has 1 amide bonds. The molecule has 3 aliphatic heterocycles. The Morgan fingerprint density at radius 1 is 1.03 bits per heavy atom. The first-order valence-electron chi connectivity index (χ1n) is 11.7. The number of sulfonamides is 1. The standard InChI is InChI=1S/C26H32N2O4S/c1-26(2,3)18-8-11-20(12-9-18)33(30,31)28-22-6-5-7-23(28)25(29)27-15-14-17-16-19(32-4)10-13-21(17)24(22)27/h8-13,16,22-24H,5-7,14-15H2,1-4H3. The van der Waals surface area contributed by atoms with Crippen LogP contribution in [0.1, 0.15) is 62.8 Å². The Bertz CT molecular complexity index is 1180. The Morgan fingerprint density at radius 2 is 1.76 bits per heavy atom. The third-order valence-electron chi connectivity index (χ3n) is 7.47. The molecule has 2 saturated heterocycles. The second-order valence-corrected chi connectivity index (χ2v) is 12.3. The lowest BCUT2D eigenvalue weighted by molar-refractivity contribution is -0.150. The Hall–Kier alpha value is -2.38. The van der Waals surface area contributed by atoms with Crippen molar-refractivity contribution >= 4 is 15.9 Å². The molecule has 3 unspecified atom stereocenters. The number of carbonyl (C=O) groups excluding carboxylic acids is 1. The number of hydrogen-bond acceptors (Lipinski definition) is 4. The van der Waals surface area contributed by atoms with Gasteiger partial charge in [0.25, 0.3) is 0 Å². The fraction of sp³-hybridized carbons (Fsp3) is 0.500. The number of benzene rings is 2. The number of piperidine rings is 1. The lowest BCUT2D eigenvalue weighted by atomic mass is 9.80. The summed E-state index contributed by atoms with van der Waals surface area (Å²) in [4.78, 5) is 15.8. The molecular weight excluding hydrogens is 436 g/mol. The molecule has 0 aromatic heterocycles. The van der Waals surface area contributed by atoms with E-state index in [4.69, 9.17) is 4.74 Å². The molecule has 2 aromatic carbocycles. The monoisotopic (exact) mass is 468 g/mol. The maximum atomic E-state index is 13.9. The number of methoxy groups -OCH3 is 1. The summed E-state index contributed by atoms with van der Waals surface area (Å²) in [6.07, 6.45) is 2.93. The van der Waals surface area contributed by atoms with Crippen molar-refractivity contribution in [1.29, 1.82) is 0 Å². The normalized spacial score (nSPS) is 25.4. The fourth-order valence-corrected chi connectivity index (χ4v) is 7.58. The van der Waals surface area contributed by atoms with Crippen LogP contribution in [0.2, 0.25) is 0 Å². The van der Waals surface area contributed by atoms with Crippen LogP contribution in [0.4, 0.5) is 0 Å². The first kappa shape index (κ1) is 22.4. The molecule has 2 aromatic rings. The molecule has 5 rings (SSSR count). The highest BCUT2D eigenvalue weighted by Gasteiger charge is 2.55. The summed E-state index contributed by atoms with van der Waals surface area (Å²) in [5.74, 6) is 0.724. The fourth-order valence-electron chi connectivity index (χ4n) is 5.75. The quantitative estimate of drug-likeness (QED) is 0.682. The number of ether oxygens (including phenoxy) is 1. The van der Waals surface area contributed by atoms with Crippen LogP contribution >= 0.6 is 0 Å². The van der Waals surface area contributed by atoms with Gasteiger partial charge in [0, 0.05) is 6.54 Å². The molecule has 0 saturated carbocycles. The smallest absolute Gasteiger partial charge is 0.244 e. The molecule has 3 heterocycles. The molecule has 7 heteroatoms. The van der Waals surface area contributed by atoms with Crippen LogP contribution in [0.25, 0.3) is 0 Å². The van der Waals surface area contributed by atoms with Crippen LogP contribution in [-0.4, -0.2) is 49.3 Å². The molecule has 33 heavy (non-hydrogen) atoms. The van der Waals surface area contributed by atoms with E-state index in [9.17, 15) is 13.2 Å².